The smallest absolute Gasteiger partial charge is 0.339 e. The second kappa shape index (κ2) is 9.60. The molecule has 0 aliphatic carbocycles. The van der Waals surface area contributed by atoms with Crippen LogP contribution in [0.1, 0.15) is 23.6 Å². The fourth-order valence-electron chi connectivity index (χ4n) is 3.14. The van der Waals surface area contributed by atoms with Gasteiger partial charge in [0.05, 0.1) is 26.4 Å². The normalized spacial score (nSPS) is 10.2. The lowest BCUT2D eigenvalue weighted by molar-refractivity contribution is -0.136. The van der Waals surface area contributed by atoms with Crippen LogP contribution in [0, 0.1) is 0 Å². The minimum atomic E-state index is -0.361. The van der Waals surface area contributed by atoms with E-state index in [0.717, 1.165) is 33.8 Å². The summed E-state index contributed by atoms with van der Waals surface area (Å²) in [6, 6.07) is 24.9. The van der Waals surface area contributed by atoms with Crippen LogP contribution in [-0.4, -0.2) is 26.8 Å². The van der Waals surface area contributed by atoms with E-state index in [1.807, 2.05) is 78.9 Å². The maximum Gasteiger partial charge on any atom is 0.339 e. The third kappa shape index (κ3) is 4.66. The molecule has 0 radical (unpaired) electrons. The van der Waals surface area contributed by atoms with Crippen LogP contribution in [-0.2, 0) is 9.53 Å². The first kappa shape index (κ1) is 20.2. The molecule has 4 heteroatoms. The average molecular weight is 388 g/mol. The molecule has 0 amide bonds. The molecule has 0 unspecified atom stereocenters. The van der Waals surface area contributed by atoms with Gasteiger partial charge in [-0.3, -0.25) is 0 Å². The van der Waals surface area contributed by atoms with Crippen molar-refractivity contribution >= 4 is 17.1 Å². The highest BCUT2D eigenvalue weighted by Crippen LogP contribution is 2.34. The van der Waals surface area contributed by atoms with Crippen molar-refractivity contribution < 1.29 is 19.0 Å². The van der Waals surface area contributed by atoms with E-state index in [2.05, 4.69) is 0 Å². The van der Waals surface area contributed by atoms with Crippen molar-refractivity contribution in [1.29, 1.82) is 0 Å². The van der Waals surface area contributed by atoms with Crippen LogP contribution in [0.5, 0.6) is 11.5 Å². The first-order valence-corrected chi connectivity index (χ1v) is 9.43. The number of rotatable bonds is 7. The molecule has 0 fully saturated rings. The number of esters is 1. The molecule has 0 aliphatic rings. The molecule has 4 nitrogen and oxygen atoms in total. The fourth-order valence-corrected chi connectivity index (χ4v) is 3.14. The summed E-state index contributed by atoms with van der Waals surface area (Å²) in [4.78, 5) is 13.0. The molecule has 0 N–H and O–H groups in total. The zero-order chi connectivity index (χ0) is 20.6. The van der Waals surface area contributed by atoms with Gasteiger partial charge in [-0.15, -0.1) is 0 Å². The molecule has 0 saturated carbocycles. The third-order valence-electron chi connectivity index (χ3n) is 4.55. The summed E-state index contributed by atoms with van der Waals surface area (Å²) < 4.78 is 16.0. The summed E-state index contributed by atoms with van der Waals surface area (Å²) in [7, 11) is 3.26. The number of hydrogen-bond acceptors (Lipinski definition) is 4. The maximum absolute atomic E-state index is 13.0. The van der Waals surface area contributed by atoms with Crippen molar-refractivity contribution in [3.05, 3.63) is 95.6 Å². The molecule has 148 valence electrons. The molecule has 3 rings (SSSR count). The molecular formula is C25H24O4. The number of hydrogen-bond donors (Lipinski definition) is 0. The number of methoxy groups -OCH3 is 2. The molecule has 0 aliphatic heterocycles. The number of carbonyl (C=O) groups excluding carboxylic acids is 1. The Morgan fingerprint density at radius 1 is 0.690 bits per heavy atom. The Hall–Kier alpha value is -3.53. The monoisotopic (exact) mass is 388 g/mol. The van der Waals surface area contributed by atoms with Gasteiger partial charge in [0.1, 0.15) is 11.5 Å². The van der Waals surface area contributed by atoms with Gasteiger partial charge in [-0.25, -0.2) is 4.79 Å². The maximum atomic E-state index is 13.0. The van der Waals surface area contributed by atoms with Crippen LogP contribution in [0.25, 0.3) is 11.1 Å². The Morgan fingerprint density at radius 3 is 1.59 bits per heavy atom. The van der Waals surface area contributed by atoms with Crippen LogP contribution < -0.4 is 9.47 Å². The van der Waals surface area contributed by atoms with Crippen LogP contribution in [0.3, 0.4) is 0 Å². The van der Waals surface area contributed by atoms with Gasteiger partial charge < -0.3 is 14.2 Å². The van der Waals surface area contributed by atoms with E-state index in [9.17, 15) is 4.79 Å². The van der Waals surface area contributed by atoms with Crippen LogP contribution >= 0.6 is 0 Å². The Balaban J connectivity index is 2.29. The molecule has 3 aromatic carbocycles. The first-order chi connectivity index (χ1) is 14.2. The quantitative estimate of drug-likeness (QED) is 0.316. The molecule has 0 atom stereocenters. The zero-order valence-electron chi connectivity index (χ0n) is 16.8. The molecule has 0 bridgehead atoms. The highest BCUT2D eigenvalue weighted by Gasteiger charge is 2.21. The highest BCUT2D eigenvalue weighted by molar-refractivity contribution is 6.26. The second-order valence-electron chi connectivity index (χ2n) is 6.29. The molecule has 0 aromatic heterocycles. The zero-order valence-corrected chi connectivity index (χ0v) is 16.8. The Morgan fingerprint density at radius 2 is 1.17 bits per heavy atom. The van der Waals surface area contributed by atoms with Crippen molar-refractivity contribution in [1.82, 2.24) is 0 Å². The predicted octanol–water partition coefficient (Wildman–Crippen LogP) is 5.23. The number of ether oxygens (including phenoxy) is 3. The summed E-state index contributed by atoms with van der Waals surface area (Å²) in [5, 5.41) is 0. The van der Waals surface area contributed by atoms with Gasteiger partial charge in [0, 0.05) is 5.57 Å². The van der Waals surface area contributed by atoms with Gasteiger partial charge in [0.2, 0.25) is 0 Å². The van der Waals surface area contributed by atoms with E-state index in [0.29, 0.717) is 12.2 Å². The van der Waals surface area contributed by atoms with Crippen LogP contribution in [0.4, 0.5) is 0 Å². The number of carbonyl (C=O) groups is 1. The largest absolute Gasteiger partial charge is 0.497 e. The van der Waals surface area contributed by atoms with Crippen molar-refractivity contribution in [2.45, 2.75) is 6.92 Å². The summed E-state index contributed by atoms with van der Waals surface area (Å²) in [6.45, 7) is 2.11. The second-order valence-corrected chi connectivity index (χ2v) is 6.29. The first-order valence-electron chi connectivity index (χ1n) is 9.43. The molecule has 0 spiro atoms. The summed E-state index contributed by atoms with van der Waals surface area (Å²) >= 11 is 0. The lowest BCUT2D eigenvalue weighted by Crippen LogP contribution is -2.10. The van der Waals surface area contributed by atoms with Gasteiger partial charge in [-0.05, 0) is 47.9 Å². The molecule has 0 heterocycles. The summed E-state index contributed by atoms with van der Waals surface area (Å²) in [5.74, 6) is 1.14. The van der Waals surface area contributed by atoms with Crippen LogP contribution in [0.15, 0.2) is 78.9 Å². The highest BCUT2D eigenvalue weighted by atomic mass is 16.5. The SMILES string of the molecule is CCOC(=O)C(=C(c1ccc(OC)cc1)c1ccc(OC)cc1)c1ccccc1. The Kier molecular flexibility index (Phi) is 6.69. The minimum Gasteiger partial charge on any atom is -0.497 e. The lowest BCUT2D eigenvalue weighted by Gasteiger charge is -2.17. The minimum absolute atomic E-state index is 0.299. The standard InChI is InChI=1S/C25H24O4/c1-4-29-25(26)24(18-8-6-5-7-9-18)23(19-10-14-21(27-2)15-11-19)20-12-16-22(28-3)17-13-20/h5-17H,4H2,1-3H3. The van der Waals surface area contributed by atoms with E-state index < -0.39 is 0 Å². The van der Waals surface area contributed by atoms with Gasteiger partial charge in [-0.1, -0.05) is 54.6 Å². The average Bonchev–Trinajstić information content (AvgIpc) is 2.78. The van der Waals surface area contributed by atoms with Crippen molar-refractivity contribution in [3.8, 4) is 11.5 Å². The summed E-state index contributed by atoms with van der Waals surface area (Å²) in [5.41, 5.74) is 3.89. The van der Waals surface area contributed by atoms with Gasteiger partial charge >= 0.3 is 5.97 Å². The fraction of sp³-hybridized carbons (Fsp3) is 0.160. The van der Waals surface area contributed by atoms with Gasteiger partial charge in [0.15, 0.2) is 0 Å². The topological polar surface area (TPSA) is 44.8 Å². The Labute approximate surface area is 171 Å². The van der Waals surface area contributed by atoms with Crippen LogP contribution in [0.2, 0.25) is 0 Å². The van der Waals surface area contributed by atoms with Crippen molar-refractivity contribution in [2.24, 2.45) is 0 Å². The Bertz CT molecular complexity index is 922. The van der Waals surface area contributed by atoms with Crippen molar-refractivity contribution in [3.63, 3.8) is 0 Å². The van der Waals surface area contributed by atoms with E-state index in [-0.39, 0.29) is 5.97 Å². The molecule has 29 heavy (non-hydrogen) atoms. The predicted molar refractivity (Wildman–Crippen MR) is 115 cm³/mol. The molecular weight excluding hydrogens is 364 g/mol. The van der Waals surface area contributed by atoms with E-state index in [1.54, 1.807) is 21.1 Å². The number of benzene rings is 3. The van der Waals surface area contributed by atoms with E-state index in [4.69, 9.17) is 14.2 Å². The van der Waals surface area contributed by atoms with E-state index in [1.165, 1.54) is 0 Å². The van der Waals surface area contributed by atoms with Crippen molar-refractivity contribution in [2.75, 3.05) is 20.8 Å². The molecule has 3 aromatic rings. The summed E-state index contributed by atoms with van der Waals surface area (Å²) in [6.07, 6.45) is 0. The van der Waals surface area contributed by atoms with E-state index >= 15 is 0 Å². The lowest BCUT2D eigenvalue weighted by atomic mass is 9.89. The van der Waals surface area contributed by atoms with Gasteiger partial charge in [0.25, 0.3) is 0 Å². The molecule has 0 saturated heterocycles. The third-order valence-corrected chi connectivity index (χ3v) is 4.55. The van der Waals surface area contributed by atoms with Gasteiger partial charge in [-0.2, -0.15) is 0 Å².